The minimum atomic E-state index is -1.08. The lowest BCUT2D eigenvalue weighted by Crippen LogP contribution is -2.59. The standard InChI is InChI=1S/C23H26ClN3O5/c1-23(2,3)32-22(30)27-10-9-26(12-17(27)21(28)29)20-16-7-6-15(24)11-18(16)31-13-14-5-4-8-25-19(14)20/h4-8,11,17,20H,9-10,12-13H2,1-3H3,(H,28,29)/t17-,20+/m1/s1. The third-order valence-electron chi connectivity index (χ3n) is 5.53. The number of amides is 1. The molecule has 1 amide bonds. The highest BCUT2D eigenvalue weighted by molar-refractivity contribution is 6.30. The van der Waals surface area contributed by atoms with Crippen LogP contribution in [0.3, 0.4) is 0 Å². The van der Waals surface area contributed by atoms with Gasteiger partial charge in [0.25, 0.3) is 0 Å². The summed E-state index contributed by atoms with van der Waals surface area (Å²) in [5, 5.41) is 10.5. The van der Waals surface area contributed by atoms with Crippen LogP contribution in [0.15, 0.2) is 36.5 Å². The highest BCUT2D eigenvalue weighted by Crippen LogP contribution is 2.40. The molecule has 2 aliphatic heterocycles. The fourth-order valence-corrected chi connectivity index (χ4v) is 4.30. The van der Waals surface area contributed by atoms with Gasteiger partial charge in [-0.2, -0.15) is 0 Å². The maximum absolute atomic E-state index is 12.7. The molecule has 0 spiro atoms. The van der Waals surface area contributed by atoms with E-state index in [9.17, 15) is 14.7 Å². The average molecular weight is 460 g/mol. The van der Waals surface area contributed by atoms with Crippen LogP contribution in [-0.4, -0.2) is 63.2 Å². The molecular formula is C23H26ClN3O5. The van der Waals surface area contributed by atoms with Gasteiger partial charge in [0.2, 0.25) is 0 Å². The summed E-state index contributed by atoms with van der Waals surface area (Å²) >= 11 is 6.20. The van der Waals surface area contributed by atoms with Gasteiger partial charge in [-0.1, -0.05) is 23.7 Å². The smallest absolute Gasteiger partial charge is 0.411 e. The third-order valence-corrected chi connectivity index (χ3v) is 5.76. The van der Waals surface area contributed by atoms with Crippen LogP contribution >= 0.6 is 11.6 Å². The maximum Gasteiger partial charge on any atom is 0.411 e. The molecule has 1 aromatic heterocycles. The number of rotatable bonds is 2. The van der Waals surface area contributed by atoms with Crippen LogP contribution in [0.5, 0.6) is 5.75 Å². The molecule has 1 aromatic carbocycles. The van der Waals surface area contributed by atoms with Gasteiger partial charge < -0.3 is 14.6 Å². The van der Waals surface area contributed by atoms with E-state index in [1.54, 1.807) is 39.1 Å². The van der Waals surface area contributed by atoms with E-state index in [0.29, 0.717) is 23.9 Å². The second-order valence-electron chi connectivity index (χ2n) is 8.94. The predicted octanol–water partition coefficient (Wildman–Crippen LogP) is 3.72. The number of ether oxygens (including phenoxy) is 2. The summed E-state index contributed by atoms with van der Waals surface area (Å²) in [4.78, 5) is 32.8. The Kier molecular flexibility index (Phi) is 6.01. The first-order valence-corrected chi connectivity index (χ1v) is 10.8. The Morgan fingerprint density at radius 1 is 1.25 bits per heavy atom. The van der Waals surface area contributed by atoms with Crippen molar-refractivity contribution in [3.05, 3.63) is 58.4 Å². The van der Waals surface area contributed by atoms with Crippen molar-refractivity contribution in [2.24, 2.45) is 0 Å². The number of aliphatic carboxylic acids is 1. The van der Waals surface area contributed by atoms with Gasteiger partial charge in [-0.05, 0) is 39.0 Å². The second kappa shape index (κ2) is 8.60. The summed E-state index contributed by atoms with van der Waals surface area (Å²) in [7, 11) is 0. The van der Waals surface area contributed by atoms with Gasteiger partial charge in [-0.3, -0.25) is 14.8 Å². The van der Waals surface area contributed by atoms with Crippen molar-refractivity contribution in [3.8, 4) is 5.75 Å². The molecule has 2 atom stereocenters. The molecular weight excluding hydrogens is 434 g/mol. The van der Waals surface area contributed by atoms with Gasteiger partial charge in [0.1, 0.15) is 24.0 Å². The number of halogens is 1. The molecule has 2 aromatic rings. The van der Waals surface area contributed by atoms with Gasteiger partial charge >= 0.3 is 12.1 Å². The van der Waals surface area contributed by atoms with Crippen molar-refractivity contribution < 1.29 is 24.2 Å². The van der Waals surface area contributed by atoms with Crippen molar-refractivity contribution in [2.45, 2.75) is 45.1 Å². The normalized spacial score (nSPS) is 21.1. The lowest BCUT2D eigenvalue weighted by atomic mass is 9.96. The summed E-state index contributed by atoms with van der Waals surface area (Å²) in [6.45, 7) is 6.40. The lowest BCUT2D eigenvalue weighted by Gasteiger charge is -2.42. The third kappa shape index (κ3) is 4.52. The molecule has 1 fully saturated rings. The van der Waals surface area contributed by atoms with Gasteiger partial charge in [0.15, 0.2) is 0 Å². The predicted molar refractivity (Wildman–Crippen MR) is 118 cm³/mol. The molecule has 3 heterocycles. The molecule has 0 radical (unpaired) electrons. The van der Waals surface area contributed by atoms with E-state index in [4.69, 9.17) is 21.1 Å². The van der Waals surface area contributed by atoms with Crippen LogP contribution in [0.1, 0.15) is 43.6 Å². The van der Waals surface area contributed by atoms with Crippen LogP contribution in [0.4, 0.5) is 4.79 Å². The fourth-order valence-electron chi connectivity index (χ4n) is 4.14. The number of aromatic nitrogens is 1. The topological polar surface area (TPSA) is 92.2 Å². The van der Waals surface area contributed by atoms with Crippen molar-refractivity contribution in [2.75, 3.05) is 19.6 Å². The van der Waals surface area contributed by atoms with Crippen molar-refractivity contribution in [1.82, 2.24) is 14.8 Å². The monoisotopic (exact) mass is 459 g/mol. The number of piperazine rings is 1. The molecule has 0 aliphatic carbocycles. The van der Waals surface area contributed by atoms with Gasteiger partial charge in [-0.15, -0.1) is 0 Å². The van der Waals surface area contributed by atoms with Crippen LogP contribution in [0, 0.1) is 0 Å². The molecule has 8 nitrogen and oxygen atoms in total. The number of benzene rings is 1. The second-order valence-corrected chi connectivity index (χ2v) is 9.38. The molecule has 32 heavy (non-hydrogen) atoms. The van der Waals surface area contributed by atoms with Crippen LogP contribution in [-0.2, 0) is 16.1 Å². The summed E-state index contributed by atoms with van der Waals surface area (Å²) in [5.41, 5.74) is 1.88. The molecule has 170 valence electrons. The number of pyridine rings is 1. The Morgan fingerprint density at radius 3 is 2.75 bits per heavy atom. The number of carboxylic acids is 1. The molecule has 2 aliphatic rings. The number of hydrogen-bond donors (Lipinski definition) is 1. The number of carbonyl (C=O) groups excluding carboxylic acids is 1. The van der Waals surface area contributed by atoms with Gasteiger partial charge in [-0.25, -0.2) is 9.59 Å². The van der Waals surface area contributed by atoms with E-state index in [2.05, 4.69) is 4.98 Å². The van der Waals surface area contributed by atoms with Crippen LogP contribution < -0.4 is 4.74 Å². The average Bonchev–Trinajstić information content (AvgIpc) is 2.88. The van der Waals surface area contributed by atoms with E-state index in [0.717, 1.165) is 16.8 Å². The first kappa shape index (κ1) is 22.4. The fraction of sp³-hybridized carbons (Fsp3) is 0.435. The number of nitrogens with zero attached hydrogens (tertiary/aromatic N) is 3. The summed E-state index contributed by atoms with van der Waals surface area (Å²) in [6.07, 6.45) is 1.10. The minimum absolute atomic E-state index is 0.122. The quantitative estimate of drug-likeness (QED) is 0.731. The van der Waals surface area contributed by atoms with E-state index < -0.39 is 23.7 Å². The first-order chi connectivity index (χ1) is 15.1. The molecule has 0 bridgehead atoms. The SMILES string of the molecule is CC(C)(C)OC(=O)N1CCN([C@H]2c3ccc(Cl)cc3OCc3cccnc32)C[C@@H]1C(=O)O. The zero-order chi connectivity index (χ0) is 23.0. The van der Waals surface area contributed by atoms with Crippen LogP contribution in [0.25, 0.3) is 0 Å². The van der Waals surface area contributed by atoms with E-state index in [1.807, 2.05) is 23.1 Å². The molecule has 9 heteroatoms. The summed E-state index contributed by atoms with van der Waals surface area (Å²) in [6, 6.07) is 7.87. The highest BCUT2D eigenvalue weighted by Gasteiger charge is 2.41. The Balaban J connectivity index is 1.70. The van der Waals surface area contributed by atoms with E-state index >= 15 is 0 Å². The molecule has 1 N–H and O–H groups in total. The number of carbonyl (C=O) groups is 2. The zero-order valence-electron chi connectivity index (χ0n) is 18.2. The van der Waals surface area contributed by atoms with Crippen LogP contribution in [0.2, 0.25) is 5.02 Å². The Bertz CT molecular complexity index is 1040. The van der Waals surface area contributed by atoms with Gasteiger partial charge in [0, 0.05) is 42.0 Å². The molecule has 0 unspecified atom stereocenters. The Morgan fingerprint density at radius 2 is 2.03 bits per heavy atom. The molecule has 0 saturated carbocycles. The van der Waals surface area contributed by atoms with Crippen molar-refractivity contribution in [1.29, 1.82) is 0 Å². The van der Waals surface area contributed by atoms with Crippen molar-refractivity contribution >= 4 is 23.7 Å². The molecule has 1 saturated heterocycles. The highest BCUT2D eigenvalue weighted by atomic mass is 35.5. The number of carboxylic acid groups (broad SMARTS) is 1. The van der Waals surface area contributed by atoms with E-state index in [1.165, 1.54) is 4.90 Å². The largest absolute Gasteiger partial charge is 0.488 e. The Labute approximate surface area is 191 Å². The molecule has 4 rings (SSSR count). The Hall–Kier alpha value is -2.84. The lowest BCUT2D eigenvalue weighted by molar-refractivity contribution is -0.146. The first-order valence-electron chi connectivity index (χ1n) is 10.5. The van der Waals surface area contributed by atoms with E-state index in [-0.39, 0.29) is 19.1 Å². The number of hydrogen-bond acceptors (Lipinski definition) is 6. The zero-order valence-corrected chi connectivity index (χ0v) is 19.0. The summed E-state index contributed by atoms with van der Waals surface area (Å²) < 4.78 is 11.5. The number of fused-ring (bicyclic) bond motifs is 2. The maximum atomic E-state index is 12.7. The van der Waals surface area contributed by atoms with Gasteiger partial charge in [0.05, 0.1) is 11.7 Å². The van der Waals surface area contributed by atoms with Crippen molar-refractivity contribution in [3.63, 3.8) is 0 Å². The minimum Gasteiger partial charge on any atom is -0.488 e. The summed E-state index contributed by atoms with van der Waals surface area (Å²) in [5.74, 6) is -0.440.